The highest BCUT2D eigenvalue weighted by molar-refractivity contribution is 5.91. The van der Waals surface area contributed by atoms with Crippen LogP contribution >= 0.6 is 0 Å². The summed E-state index contributed by atoms with van der Waals surface area (Å²) in [6.45, 7) is -0.0246. The number of carbonyl (C=O) groups is 2. The number of carboxylic acids is 1. The lowest BCUT2D eigenvalue weighted by molar-refractivity contribution is -0.136. The second kappa shape index (κ2) is 5.87. The van der Waals surface area contributed by atoms with Crippen LogP contribution < -0.4 is 5.32 Å². The van der Waals surface area contributed by atoms with Gasteiger partial charge in [0.25, 0.3) is 0 Å². The van der Waals surface area contributed by atoms with Crippen molar-refractivity contribution in [3.8, 4) is 0 Å². The van der Waals surface area contributed by atoms with Crippen LogP contribution in [-0.4, -0.2) is 30.7 Å². The van der Waals surface area contributed by atoms with Crippen LogP contribution in [0.25, 0.3) is 0 Å². The number of anilines is 1. The van der Waals surface area contributed by atoms with Crippen LogP contribution in [0, 0.1) is 0 Å². The molecule has 0 aliphatic heterocycles. The molecule has 1 amide bonds. The number of hydrogen-bond donors (Lipinski definition) is 2. The number of nitrogens with one attached hydrogen (secondary N) is 1. The van der Waals surface area contributed by atoms with Gasteiger partial charge in [-0.25, -0.2) is 0 Å². The van der Waals surface area contributed by atoms with E-state index in [2.05, 4.69) is 10.1 Å². The minimum absolute atomic E-state index is 0.0246. The van der Waals surface area contributed by atoms with Crippen molar-refractivity contribution in [2.45, 2.75) is 6.42 Å². The highest BCUT2D eigenvalue weighted by Crippen LogP contribution is 2.11. The Bertz CT molecular complexity index is 389. The standard InChI is InChI=1S/C11H13NO4/c1-16-7-10(13)12-9-4-2-3-8(5-9)6-11(14)15/h2-5H,6-7H2,1H3,(H,12,13)(H,14,15). The third-order valence-electron chi connectivity index (χ3n) is 1.84. The zero-order valence-corrected chi connectivity index (χ0v) is 8.90. The number of amides is 1. The average Bonchev–Trinajstić information content (AvgIpc) is 2.17. The Morgan fingerprint density at radius 1 is 1.44 bits per heavy atom. The van der Waals surface area contributed by atoms with Crippen molar-refractivity contribution in [3.05, 3.63) is 29.8 Å². The van der Waals surface area contributed by atoms with E-state index in [0.29, 0.717) is 11.3 Å². The van der Waals surface area contributed by atoms with Gasteiger partial charge < -0.3 is 15.2 Å². The summed E-state index contributed by atoms with van der Waals surface area (Å²) in [6, 6.07) is 6.71. The van der Waals surface area contributed by atoms with E-state index in [1.807, 2.05) is 0 Å². The van der Waals surface area contributed by atoms with Crippen LogP contribution in [0.1, 0.15) is 5.56 Å². The predicted octanol–water partition coefficient (Wildman–Crippen LogP) is 0.899. The Kier molecular flexibility index (Phi) is 4.47. The van der Waals surface area contributed by atoms with Crippen molar-refractivity contribution < 1.29 is 19.4 Å². The van der Waals surface area contributed by atoms with Crippen molar-refractivity contribution in [2.24, 2.45) is 0 Å². The van der Waals surface area contributed by atoms with Gasteiger partial charge in [-0.1, -0.05) is 12.1 Å². The van der Waals surface area contributed by atoms with E-state index in [1.165, 1.54) is 7.11 Å². The third kappa shape index (κ3) is 4.10. The maximum Gasteiger partial charge on any atom is 0.307 e. The summed E-state index contributed by atoms with van der Waals surface area (Å²) in [4.78, 5) is 21.7. The van der Waals surface area contributed by atoms with Gasteiger partial charge in [0, 0.05) is 12.8 Å². The molecule has 16 heavy (non-hydrogen) atoms. The van der Waals surface area contributed by atoms with Crippen LogP contribution in [0.4, 0.5) is 5.69 Å². The molecule has 2 N–H and O–H groups in total. The van der Waals surface area contributed by atoms with E-state index in [0.717, 1.165) is 0 Å². The number of aliphatic carboxylic acids is 1. The molecule has 1 aromatic carbocycles. The topological polar surface area (TPSA) is 75.6 Å². The molecule has 0 saturated heterocycles. The molecule has 5 nitrogen and oxygen atoms in total. The molecule has 0 atom stereocenters. The number of methoxy groups -OCH3 is 1. The van der Waals surface area contributed by atoms with Gasteiger partial charge in [0.1, 0.15) is 6.61 Å². The monoisotopic (exact) mass is 223 g/mol. The molecule has 86 valence electrons. The third-order valence-corrected chi connectivity index (χ3v) is 1.84. The first-order chi connectivity index (χ1) is 7.61. The fraction of sp³-hybridized carbons (Fsp3) is 0.273. The zero-order chi connectivity index (χ0) is 12.0. The summed E-state index contributed by atoms with van der Waals surface area (Å²) in [5.41, 5.74) is 1.21. The van der Waals surface area contributed by atoms with Crippen LogP contribution in [0.15, 0.2) is 24.3 Å². The molecule has 1 aromatic rings. The number of carboxylic acid groups (broad SMARTS) is 1. The minimum Gasteiger partial charge on any atom is -0.481 e. The van der Waals surface area contributed by atoms with Gasteiger partial charge in [0.15, 0.2) is 0 Å². The zero-order valence-electron chi connectivity index (χ0n) is 8.90. The van der Waals surface area contributed by atoms with Crippen LogP contribution in [0.3, 0.4) is 0 Å². The molecule has 0 saturated carbocycles. The summed E-state index contributed by atoms with van der Waals surface area (Å²) >= 11 is 0. The van der Waals surface area contributed by atoms with Crippen LogP contribution in [-0.2, 0) is 20.7 Å². The van der Waals surface area contributed by atoms with E-state index in [-0.39, 0.29) is 18.9 Å². The number of rotatable bonds is 5. The van der Waals surface area contributed by atoms with E-state index >= 15 is 0 Å². The lowest BCUT2D eigenvalue weighted by Gasteiger charge is -2.05. The quantitative estimate of drug-likeness (QED) is 0.777. The molecular formula is C11H13NO4. The first-order valence-corrected chi connectivity index (χ1v) is 4.71. The van der Waals surface area contributed by atoms with Crippen molar-refractivity contribution in [1.82, 2.24) is 0 Å². The van der Waals surface area contributed by atoms with Gasteiger partial charge in [-0.2, -0.15) is 0 Å². The van der Waals surface area contributed by atoms with E-state index in [1.54, 1.807) is 24.3 Å². The van der Waals surface area contributed by atoms with Crippen molar-refractivity contribution in [2.75, 3.05) is 19.0 Å². The normalized spacial score (nSPS) is 9.81. The lowest BCUT2D eigenvalue weighted by Crippen LogP contribution is -2.17. The van der Waals surface area contributed by atoms with Crippen molar-refractivity contribution in [1.29, 1.82) is 0 Å². The first-order valence-electron chi connectivity index (χ1n) is 4.71. The summed E-state index contributed by atoms with van der Waals surface area (Å²) in [5, 5.41) is 11.2. The predicted molar refractivity (Wildman–Crippen MR) is 58.3 cm³/mol. The molecule has 5 heteroatoms. The maximum atomic E-state index is 11.2. The smallest absolute Gasteiger partial charge is 0.307 e. The van der Waals surface area contributed by atoms with Gasteiger partial charge >= 0.3 is 5.97 Å². The van der Waals surface area contributed by atoms with Gasteiger partial charge in [0.05, 0.1) is 6.42 Å². The molecule has 1 rings (SSSR count). The Hall–Kier alpha value is -1.88. The maximum absolute atomic E-state index is 11.2. The highest BCUT2D eigenvalue weighted by Gasteiger charge is 2.04. The number of benzene rings is 1. The molecule has 0 aliphatic rings. The SMILES string of the molecule is COCC(=O)Nc1cccc(CC(=O)O)c1. The number of ether oxygens (including phenoxy) is 1. The highest BCUT2D eigenvalue weighted by atomic mass is 16.5. The molecule has 0 aromatic heterocycles. The van der Waals surface area contributed by atoms with Gasteiger partial charge in [0.2, 0.25) is 5.91 Å². The van der Waals surface area contributed by atoms with Gasteiger partial charge in [-0.05, 0) is 17.7 Å². The molecule has 0 radical (unpaired) electrons. The van der Waals surface area contributed by atoms with Crippen LogP contribution in [0.5, 0.6) is 0 Å². The molecule has 0 fully saturated rings. The largest absolute Gasteiger partial charge is 0.481 e. The summed E-state index contributed by atoms with van der Waals surface area (Å²) in [7, 11) is 1.43. The van der Waals surface area contributed by atoms with Crippen molar-refractivity contribution >= 4 is 17.6 Å². The molecule has 0 spiro atoms. The first kappa shape index (κ1) is 12.2. The summed E-state index contributed by atoms with van der Waals surface area (Å²) in [5.74, 6) is -1.17. The van der Waals surface area contributed by atoms with Crippen molar-refractivity contribution in [3.63, 3.8) is 0 Å². The lowest BCUT2D eigenvalue weighted by atomic mass is 10.1. The average molecular weight is 223 g/mol. The number of hydrogen-bond acceptors (Lipinski definition) is 3. The summed E-state index contributed by atoms with van der Waals surface area (Å²) in [6.07, 6.45) is -0.0615. The fourth-order valence-electron chi connectivity index (χ4n) is 1.26. The van der Waals surface area contributed by atoms with E-state index in [4.69, 9.17) is 5.11 Å². The summed E-state index contributed by atoms with van der Waals surface area (Å²) < 4.78 is 4.66. The Morgan fingerprint density at radius 2 is 2.19 bits per heavy atom. The Balaban J connectivity index is 2.67. The van der Waals surface area contributed by atoms with E-state index < -0.39 is 5.97 Å². The Morgan fingerprint density at radius 3 is 2.81 bits per heavy atom. The molecule has 0 heterocycles. The second-order valence-corrected chi connectivity index (χ2v) is 3.25. The van der Waals surface area contributed by atoms with Gasteiger partial charge in [-0.3, -0.25) is 9.59 Å². The molecular weight excluding hydrogens is 210 g/mol. The molecule has 0 unspecified atom stereocenters. The van der Waals surface area contributed by atoms with Gasteiger partial charge in [-0.15, -0.1) is 0 Å². The number of carbonyl (C=O) groups excluding carboxylic acids is 1. The second-order valence-electron chi connectivity index (χ2n) is 3.25. The fourth-order valence-corrected chi connectivity index (χ4v) is 1.26. The Labute approximate surface area is 93.0 Å². The van der Waals surface area contributed by atoms with E-state index in [9.17, 15) is 9.59 Å². The molecule has 0 aliphatic carbocycles. The van der Waals surface area contributed by atoms with Crippen LogP contribution in [0.2, 0.25) is 0 Å². The molecule has 0 bridgehead atoms. The minimum atomic E-state index is -0.902.